The third-order valence-electron chi connectivity index (χ3n) is 1.76. The Bertz CT molecular complexity index is 274. The zero-order chi connectivity index (χ0) is 11.1. The molecule has 84 valence electrons. The van der Waals surface area contributed by atoms with Crippen LogP contribution in [0.15, 0.2) is 18.6 Å². The number of halogens is 3. The van der Waals surface area contributed by atoms with Crippen molar-refractivity contribution in [3.8, 4) is 0 Å². The minimum atomic E-state index is -4.05. The van der Waals surface area contributed by atoms with Gasteiger partial charge < -0.3 is 5.32 Å². The molecule has 0 aliphatic rings. The van der Waals surface area contributed by atoms with Gasteiger partial charge >= 0.3 is 6.18 Å². The van der Waals surface area contributed by atoms with E-state index in [-0.39, 0.29) is 6.42 Å². The first-order chi connectivity index (χ1) is 7.08. The number of aromatic nitrogens is 2. The number of nitrogens with one attached hydrogen (secondary N) is 1. The smallest absolute Gasteiger partial charge is 0.369 e. The summed E-state index contributed by atoms with van der Waals surface area (Å²) < 4.78 is 35.3. The van der Waals surface area contributed by atoms with Crippen LogP contribution in [0.1, 0.15) is 19.3 Å². The van der Waals surface area contributed by atoms with Gasteiger partial charge in [-0.05, 0) is 12.8 Å². The van der Waals surface area contributed by atoms with Crippen LogP contribution in [0, 0.1) is 0 Å². The number of rotatable bonds is 5. The SMILES string of the molecule is FC(F)(F)CCCCNc1cnccn1. The van der Waals surface area contributed by atoms with E-state index in [4.69, 9.17) is 0 Å². The zero-order valence-corrected chi connectivity index (χ0v) is 8.09. The van der Waals surface area contributed by atoms with Crippen LogP contribution in [0.25, 0.3) is 0 Å². The van der Waals surface area contributed by atoms with Gasteiger partial charge in [0.25, 0.3) is 0 Å². The van der Waals surface area contributed by atoms with Crippen LogP contribution in [0.3, 0.4) is 0 Å². The standard InChI is InChI=1S/C9H12F3N3/c10-9(11,12)3-1-2-4-14-8-7-13-5-6-15-8/h5-7H,1-4H2,(H,14,15). The average molecular weight is 219 g/mol. The molecule has 0 aliphatic carbocycles. The van der Waals surface area contributed by atoms with E-state index in [0.29, 0.717) is 18.8 Å². The van der Waals surface area contributed by atoms with Crippen LogP contribution in [-0.2, 0) is 0 Å². The zero-order valence-electron chi connectivity index (χ0n) is 8.09. The summed E-state index contributed by atoms with van der Waals surface area (Å²) in [5.74, 6) is 0.588. The number of unbranched alkanes of at least 4 members (excludes halogenated alkanes) is 1. The van der Waals surface area contributed by atoms with Gasteiger partial charge in [0.1, 0.15) is 5.82 Å². The lowest BCUT2D eigenvalue weighted by molar-refractivity contribution is -0.135. The van der Waals surface area contributed by atoms with Gasteiger partial charge in [0, 0.05) is 25.4 Å². The Kier molecular flexibility index (Phi) is 4.33. The molecule has 0 bridgehead atoms. The lowest BCUT2D eigenvalue weighted by Crippen LogP contribution is -2.09. The van der Waals surface area contributed by atoms with Crippen molar-refractivity contribution in [1.29, 1.82) is 0 Å². The van der Waals surface area contributed by atoms with E-state index in [1.54, 1.807) is 0 Å². The minimum absolute atomic E-state index is 0.136. The molecular formula is C9H12F3N3. The molecule has 3 nitrogen and oxygen atoms in total. The molecule has 0 saturated heterocycles. The molecule has 0 aliphatic heterocycles. The summed E-state index contributed by atoms with van der Waals surface area (Å²) in [6, 6.07) is 0. The monoisotopic (exact) mass is 219 g/mol. The Morgan fingerprint density at radius 1 is 1.20 bits per heavy atom. The van der Waals surface area contributed by atoms with Gasteiger partial charge in [-0.15, -0.1) is 0 Å². The maximum atomic E-state index is 11.8. The number of hydrogen-bond donors (Lipinski definition) is 1. The van der Waals surface area contributed by atoms with Crippen molar-refractivity contribution < 1.29 is 13.2 Å². The van der Waals surface area contributed by atoms with Crippen LogP contribution in [0.5, 0.6) is 0 Å². The molecule has 0 saturated carbocycles. The van der Waals surface area contributed by atoms with Crippen LogP contribution in [0.2, 0.25) is 0 Å². The fourth-order valence-electron chi connectivity index (χ4n) is 1.06. The Balaban J connectivity index is 2.08. The molecule has 0 radical (unpaired) electrons. The molecule has 1 aromatic rings. The van der Waals surface area contributed by atoms with Crippen molar-refractivity contribution in [2.45, 2.75) is 25.4 Å². The van der Waals surface area contributed by atoms with Gasteiger partial charge in [-0.1, -0.05) is 0 Å². The topological polar surface area (TPSA) is 37.8 Å². The fourth-order valence-corrected chi connectivity index (χ4v) is 1.06. The van der Waals surface area contributed by atoms with Crippen molar-refractivity contribution in [3.05, 3.63) is 18.6 Å². The lowest BCUT2D eigenvalue weighted by atomic mass is 10.2. The molecule has 1 heterocycles. The van der Waals surface area contributed by atoms with E-state index < -0.39 is 12.6 Å². The van der Waals surface area contributed by atoms with Crippen molar-refractivity contribution in [2.75, 3.05) is 11.9 Å². The first-order valence-electron chi connectivity index (χ1n) is 4.64. The quantitative estimate of drug-likeness (QED) is 0.773. The van der Waals surface area contributed by atoms with Crippen molar-refractivity contribution >= 4 is 5.82 Å². The third-order valence-corrected chi connectivity index (χ3v) is 1.76. The Hall–Kier alpha value is -1.33. The molecule has 1 aromatic heterocycles. The second-order valence-electron chi connectivity index (χ2n) is 3.09. The number of hydrogen-bond acceptors (Lipinski definition) is 3. The van der Waals surface area contributed by atoms with E-state index in [1.165, 1.54) is 18.6 Å². The highest BCUT2D eigenvalue weighted by Gasteiger charge is 2.25. The number of anilines is 1. The molecule has 0 unspecified atom stereocenters. The molecule has 15 heavy (non-hydrogen) atoms. The summed E-state index contributed by atoms with van der Waals surface area (Å²) in [5.41, 5.74) is 0. The minimum Gasteiger partial charge on any atom is -0.369 e. The molecule has 0 spiro atoms. The van der Waals surface area contributed by atoms with Gasteiger partial charge in [-0.2, -0.15) is 13.2 Å². The third kappa shape index (κ3) is 5.87. The van der Waals surface area contributed by atoms with Crippen LogP contribution >= 0.6 is 0 Å². The predicted octanol–water partition coefficient (Wildman–Crippen LogP) is 2.62. The van der Waals surface area contributed by atoms with E-state index in [9.17, 15) is 13.2 Å². The van der Waals surface area contributed by atoms with Crippen molar-refractivity contribution in [3.63, 3.8) is 0 Å². The van der Waals surface area contributed by atoms with E-state index in [1.807, 2.05) is 0 Å². The van der Waals surface area contributed by atoms with E-state index in [2.05, 4.69) is 15.3 Å². The Labute approximate surface area is 85.7 Å². The van der Waals surface area contributed by atoms with Gasteiger partial charge in [-0.25, -0.2) is 4.98 Å². The second-order valence-corrected chi connectivity index (χ2v) is 3.09. The van der Waals surface area contributed by atoms with Gasteiger partial charge in [0.05, 0.1) is 6.20 Å². The molecule has 0 fully saturated rings. The Morgan fingerprint density at radius 2 is 2.00 bits per heavy atom. The van der Waals surface area contributed by atoms with Crippen LogP contribution in [-0.4, -0.2) is 22.7 Å². The number of nitrogens with zero attached hydrogens (tertiary/aromatic N) is 2. The summed E-state index contributed by atoms with van der Waals surface area (Å²) in [7, 11) is 0. The summed E-state index contributed by atoms with van der Waals surface area (Å²) in [6.45, 7) is 0.481. The fraction of sp³-hybridized carbons (Fsp3) is 0.556. The largest absolute Gasteiger partial charge is 0.389 e. The second kappa shape index (κ2) is 5.53. The van der Waals surface area contributed by atoms with Gasteiger partial charge in [0.2, 0.25) is 0 Å². The van der Waals surface area contributed by atoms with Gasteiger partial charge in [-0.3, -0.25) is 4.98 Å². The first-order valence-corrected chi connectivity index (χ1v) is 4.64. The molecule has 0 atom stereocenters. The molecular weight excluding hydrogens is 207 g/mol. The predicted molar refractivity (Wildman–Crippen MR) is 50.4 cm³/mol. The first kappa shape index (κ1) is 11.7. The van der Waals surface area contributed by atoms with E-state index >= 15 is 0 Å². The van der Waals surface area contributed by atoms with Gasteiger partial charge in [0.15, 0.2) is 0 Å². The van der Waals surface area contributed by atoms with Crippen LogP contribution < -0.4 is 5.32 Å². The summed E-state index contributed by atoms with van der Waals surface area (Å²) in [4.78, 5) is 7.75. The normalized spacial score (nSPS) is 11.4. The molecule has 6 heteroatoms. The lowest BCUT2D eigenvalue weighted by Gasteiger charge is -2.06. The van der Waals surface area contributed by atoms with Crippen molar-refractivity contribution in [2.24, 2.45) is 0 Å². The van der Waals surface area contributed by atoms with E-state index in [0.717, 1.165) is 0 Å². The maximum Gasteiger partial charge on any atom is 0.389 e. The molecule has 0 aromatic carbocycles. The number of alkyl halides is 3. The van der Waals surface area contributed by atoms with Crippen molar-refractivity contribution in [1.82, 2.24) is 9.97 Å². The van der Waals surface area contributed by atoms with Crippen LogP contribution in [0.4, 0.5) is 19.0 Å². The average Bonchev–Trinajstić information content (AvgIpc) is 2.17. The Morgan fingerprint density at radius 3 is 2.60 bits per heavy atom. The molecule has 1 N–H and O–H groups in total. The summed E-state index contributed by atoms with van der Waals surface area (Å²) in [6.07, 6.45) is 0.422. The highest BCUT2D eigenvalue weighted by molar-refractivity contribution is 5.29. The maximum absolute atomic E-state index is 11.8. The summed E-state index contributed by atoms with van der Waals surface area (Å²) in [5, 5.41) is 2.89. The highest BCUT2D eigenvalue weighted by Crippen LogP contribution is 2.21. The highest BCUT2D eigenvalue weighted by atomic mass is 19.4. The molecule has 1 rings (SSSR count). The molecule has 0 amide bonds. The summed E-state index contributed by atoms with van der Waals surface area (Å²) >= 11 is 0.